The van der Waals surface area contributed by atoms with Gasteiger partial charge in [-0.3, -0.25) is 9.36 Å². The minimum atomic E-state index is -1.08. The van der Waals surface area contributed by atoms with E-state index in [1.807, 2.05) is 0 Å². The maximum absolute atomic E-state index is 12.4. The van der Waals surface area contributed by atoms with E-state index in [2.05, 4.69) is 10.9 Å². The smallest absolute Gasteiger partial charge is 0.329 e. The molecule has 1 heterocycles. The van der Waals surface area contributed by atoms with E-state index in [0.29, 0.717) is 29.7 Å². The Morgan fingerprint density at radius 3 is 2.90 bits per heavy atom. The number of hydrogen-bond donors (Lipinski definition) is 1. The van der Waals surface area contributed by atoms with E-state index < -0.39 is 12.6 Å². The molecule has 6 nitrogen and oxygen atoms in total. The van der Waals surface area contributed by atoms with Gasteiger partial charge in [-0.1, -0.05) is 12.1 Å². The molecule has 0 saturated carbocycles. The van der Waals surface area contributed by atoms with E-state index in [-0.39, 0.29) is 12.2 Å². The highest BCUT2D eigenvalue weighted by atomic mass is 16.5. The molecule has 21 heavy (non-hydrogen) atoms. The maximum Gasteiger partial charge on any atom is 0.329 e. The first kappa shape index (κ1) is 14.8. The number of carboxylic acid groups (broad SMARTS) is 1. The molecule has 2 rings (SSSR count). The van der Waals surface area contributed by atoms with Crippen molar-refractivity contribution in [2.75, 3.05) is 6.61 Å². The second-order valence-corrected chi connectivity index (χ2v) is 4.34. The molecule has 108 valence electrons. The zero-order chi connectivity index (χ0) is 15.2. The fourth-order valence-electron chi connectivity index (χ4n) is 1.96. The van der Waals surface area contributed by atoms with E-state index in [1.54, 1.807) is 24.3 Å². The van der Waals surface area contributed by atoms with Gasteiger partial charge in [0.15, 0.2) is 0 Å². The molecular formula is C15H14N2O4. The zero-order valence-corrected chi connectivity index (χ0v) is 11.3. The fraction of sp³-hybridized carbons (Fsp3) is 0.267. The molecule has 0 aliphatic heterocycles. The Bertz CT molecular complexity index is 758. The van der Waals surface area contributed by atoms with Gasteiger partial charge in [-0.15, -0.1) is 12.3 Å². The second kappa shape index (κ2) is 6.68. The van der Waals surface area contributed by atoms with Crippen molar-refractivity contribution in [3.05, 3.63) is 40.4 Å². The van der Waals surface area contributed by atoms with Crippen LogP contribution in [-0.2, 0) is 22.7 Å². The number of fused-ring (bicyclic) bond motifs is 1. The Morgan fingerprint density at radius 2 is 2.19 bits per heavy atom. The summed E-state index contributed by atoms with van der Waals surface area (Å²) in [6.45, 7) is -0.187. The summed E-state index contributed by atoms with van der Waals surface area (Å²) < 4.78 is 6.47. The van der Waals surface area contributed by atoms with Crippen molar-refractivity contribution in [2.24, 2.45) is 0 Å². The number of carbonyl (C=O) groups is 1. The van der Waals surface area contributed by atoms with Crippen LogP contribution in [-0.4, -0.2) is 27.2 Å². The van der Waals surface area contributed by atoms with Gasteiger partial charge in [0.25, 0.3) is 5.56 Å². The van der Waals surface area contributed by atoms with Crippen LogP contribution in [0.4, 0.5) is 0 Å². The molecule has 6 heteroatoms. The first-order valence-corrected chi connectivity index (χ1v) is 6.35. The number of aliphatic carboxylic acids is 1. The highest BCUT2D eigenvalue weighted by Gasteiger charge is 2.11. The molecular weight excluding hydrogens is 272 g/mol. The summed E-state index contributed by atoms with van der Waals surface area (Å²) in [4.78, 5) is 27.3. The van der Waals surface area contributed by atoms with Gasteiger partial charge >= 0.3 is 5.97 Å². The standard InChI is InChI=1S/C15H14N2O4/c1-2-3-8-17-13(9-21-10-14(18)19)16-12-7-5-4-6-11(12)15(17)20/h1,4-7H,3,8-10H2,(H,18,19). The second-order valence-electron chi connectivity index (χ2n) is 4.34. The molecule has 0 fully saturated rings. The topological polar surface area (TPSA) is 81.4 Å². The van der Waals surface area contributed by atoms with Crippen LogP contribution in [0.1, 0.15) is 12.2 Å². The average Bonchev–Trinajstić information content (AvgIpc) is 2.46. The normalized spacial score (nSPS) is 10.4. The van der Waals surface area contributed by atoms with Gasteiger partial charge in [-0.05, 0) is 12.1 Å². The predicted molar refractivity (Wildman–Crippen MR) is 76.7 cm³/mol. The predicted octanol–water partition coefficient (Wildman–Crippen LogP) is 1.02. The molecule has 0 spiro atoms. The molecule has 0 aliphatic carbocycles. The number of benzene rings is 1. The van der Waals surface area contributed by atoms with Crippen molar-refractivity contribution in [3.63, 3.8) is 0 Å². The van der Waals surface area contributed by atoms with Crippen LogP contribution in [0.3, 0.4) is 0 Å². The van der Waals surface area contributed by atoms with Crippen molar-refractivity contribution in [2.45, 2.75) is 19.6 Å². The van der Waals surface area contributed by atoms with Crippen molar-refractivity contribution in [1.82, 2.24) is 9.55 Å². The molecule has 0 saturated heterocycles. The lowest BCUT2D eigenvalue weighted by atomic mass is 10.2. The maximum atomic E-state index is 12.4. The molecule has 0 radical (unpaired) electrons. The molecule has 1 aromatic heterocycles. The van der Waals surface area contributed by atoms with E-state index in [4.69, 9.17) is 16.3 Å². The Kier molecular flexibility index (Phi) is 4.69. The van der Waals surface area contributed by atoms with Crippen LogP contribution >= 0.6 is 0 Å². The third-order valence-electron chi connectivity index (χ3n) is 2.88. The van der Waals surface area contributed by atoms with Gasteiger partial charge in [0.2, 0.25) is 0 Å². The van der Waals surface area contributed by atoms with Gasteiger partial charge in [-0.25, -0.2) is 9.78 Å². The number of carboxylic acids is 1. The quantitative estimate of drug-likeness (QED) is 0.802. The molecule has 1 aromatic carbocycles. The number of nitrogens with zero attached hydrogens (tertiary/aromatic N) is 2. The molecule has 2 aromatic rings. The molecule has 0 amide bonds. The van der Waals surface area contributed by atoms with Crippen LogP contribution in [0.5, 0.6) is 0 Å². The summed E-state index contributed by atoms with van der Waals surface area (Å²) in [5, 5.41) is 9.08. The van der Waals surface area contributed by atoms with Crippen LogP contribution in [0.25, 0.3) is 10.9 Å². The zero-order valence-electron chi connectivity index (χ0n) is 11.3. The highest BCUT2D eigenvalue weighted by molar-refractivity contribution is 5.77. The van der Waals surface area contributed by atoms with Crippen molar-refractivity contribution in [1.29, 1.82) is 0 Å². The SMILES string of the molecule is C#CCCn1c(COCC(=O)O)nc2ccccc2c1=O. The Hall–Kier alpha value is -2.65. The number of para-hydroxylation sites is 1. The third kappa shape index (κ3) is 3.46. The molecule has 1 N–H and O–H groups in total. The lowest BCUT2D eigenvalue weighted by Crippen LogP contribution is -2.26. The third-order valence-corrected chi connectivity index (χ3v) is 2.88. The van der Waals surface area contributed by atoms with Crippen LogP contribution in [0.2, 0.25) is 0 Å². The lowest BCUT2D eigenvalue weighted by molar-refractivity contribution is -0.142. The van der Waals surface area contributed by atoms with Gasteiger partial charge in [0.1, 0.15) is 19.0 Å². The Labute approximate surface area is 121 Å². The van der Waals surface area contributed by atoms with Crippen molar-refractivity contribution >= 4 is 16.9 Å². The van der Waals surface area contributed by atoms with Gasteiger partial charge in [0, 0.05) is 13.0 Å². The average molecular weight is 286 g/mol. The van der Waals surface area contributed by atoms with Crippen molar-refractivity contribution in [3.8, 4) is 12.3 Å². The van der Waals surface area contributed by atoms with Crippen LogP contribution < -0.4 is 5.56 Å². The number of rotatable bonds is 6. The first-order valence-electron chi connectivity index (χ1n) is 6.35. The summed E-state index contributed by atoms with van der Waals surface area (Å²) in [5.74, 6) is 1.77. The number of hydrogen-bond acceptors (Lipinski definition) is 4. The summed E-state index contributed by atoms with van der Waals surface area (Å²) in [6.07, 6.45) is 5.62. The van der Waals surface area contributed by atoms with E-state index in [9.17, 15) is 9.59 Å². The molecule has 0 aliphatic rings. The fourth-order valence-corrected chi connectivity index (χ4v) is 1.96. The van der Waals surface area contributed by atoms with Gasteiger partial charge in [-0.2, -0.15) is 0 Å². The summed E-state index contributed by atoms with van der Waals surface area (Å²) in [6, 6.07) is 6.96. The lowest BCUT2D eigenvalue weighted by Gasteiger charge is -2.12. The highest BCUT2D eigenvalue weighted by Crippen LogP contribution is 2.09. The van der Waals surface area contributed by atoms with Gasteiger partial charge < -0.3 is 9.84 Å². The summed E-state index contributed by atoms with van der Waals surface area (Å²) in [7, 11) is 0. The number of ether oxygens (including phenoxy) is 1. The Morgan fingerprint density at radius 1 is 1.43 bits per heavy atom. The number of aromatic nitrogens is 2. The monoisotopic (exact) mass is 286 g/mol. The van der Waals surface area contributed by atoms with Gasteiger partial charge in [0.05, 0.1) is 10.9 Å². The van der Waals surface area contributed by atoms with E-state index in [0.717, 1.165) is 0 Å². The largest absolute Gasteiger partial charge is 0.480 e. The summed E-state index contributed by atoms with van der Waals surface area (Å²) in [5.41, 5.74) is 0.346. The van der Waals surface area contributed by atoms with E-state index in [1.165, 1.54) is 4.57 Å². The molecule has 0 unspecified atom stereocenters. The van der Waals surface area contributed by atoms with Crippen LogP contribution in [0, 0.1) is 12.3 Å². The minimum absolute atomic E-state index is 0.0586. The van der Waals surface area contributed by atoms with E-state index >= 15 is 0 Å². The minimum Gasteiger partial charge on any atom is -0.480 e. The first-order chi connectivity index (χ1) is 10.1. The summed E-state index contributed by atoms with van der Waals surface area (Å²) >= 11 is 0. The van der Waals surface area contributed by atoms with Crippen LogP contribution in [0.15, 0.2) is 29.1 Å². The molecule has 0 atom stereocenters. The number of terminal acetylenes is 1. The Balaban J connectivity index is 2.42. The van der Waals surface area contributed by atoms with Crippen molar-refractivity contribution < 1.29 is 14.6 Å². The molecule has 0 bridgehead atoms.